The highest BCUT2D eigenvalue weighted by Crippen LogP contribution is 2.25. The summed E-state index contributed by atoms with van der Waals surface area (Å²) in [4.78, 5) is 0. The maximum absolute atomic E-state index is 13.0. The topological polar surface area (TPSA) is 29.9 Å². The van der Waals surface area contributed by atoms with Crippen molar-refractivity contribution in [2.24, 2.45) is 7.05 Å². The van der Waals surface area contributed by atoms with Gasteiger partial charge in [0.15, 0.2) is 0 Å². The molecule has 18 heavy (non-hydrogen) atoms. The van der Waals surface area contributed by atoms with E-state index in [0.717, 1.165) is 11.3 Å². The van der Waals surface area contributed by atoms with Crippen LogP contribution in [0.4, 0.5) is 4.39 Å². The third-order valence-corrected chi connectivity index (χ3v) is 3.20. The Kier molecular flexibility index (Phi) is 3.99. The maximum Gasteiger partial charge on any atom is 0.124 e. The Morgan fingerprint density at radius 3 is 2.78 bits per heavy atom. The second kappa shape index (κ2) is 5.50. The van der Waals surface area contributed by atoms with Crippen LogP contribution in [0.1, 0.15) is 17.3 Å². The number of halogens is 2. The molecule has 0 saturated heterocycles. The van der Waals surface area contributed by atoms with Gasteiger partial charge in [-0.1, -0.05) is 17.7 Å². The average Bonchev–Trinajstić information content (AvgIpc) is 2.72. The molecule has 1 heterocycles. The van der Waals surface area contributed by atoms with Gasteiger partial charge in [0.05, 0.1) is 5.69 Å². The first kappa shape index (κ1) is 13.1. The molecule has 0 aliphatic carbocycles. The van der Waals surface area contributed by atoms with E-state index in [9.17, 15) is 4.39 Å². The van der Waals surface area contributed by atoms with Crippen LogP contribution < -0.4 is 5.32 Å². The number of likely N-dealkylation sites (N-methyl/N-ethyl adjacent to an activating group) is 1. The van der Waals surface area contributed by atoms with Gasteiger partial charge in [-0.15, -0.1) is 0 Å². The Labute approximate surface area is 111 Å². The molecule has 0 spiro atoms. The quantitative estimate of drug-likeness (QED) is 0.923. The largest absolute Gasteiger partial charge is 0.313 e. The second-order valence-corrected chi connectivity index (χ2v) is 4.60. The monoisotopic (exact) mass is 267 g/mol. The third-order valence-electron chi connectivity index (χ3n) is 2.87. The van der Waals surface area contributed by atoms with E-state index in [1.807, 2.05) is 26.4 Å². The van der Waals surface area contributed by atoms with Crippen molar-refractivity contribution in [2.45, 2.75) is 12.5 Å². The first-order valence-corrected chi connectivity index (χ1v) is 6.08. The summed E-state index contributed by atoms with van der Waals surface area (Å²) in [5.74, 6) is -0.323. The average molecular weight is 268 g/mol. The first-order chi connectivity index (χ1) is 8.60. The molecule has 5 heteroatoms. The van der Waals surface area contributed by atoms with Crippen LogP contribution >= 0.6 is 11.6 Å². The molecule has 1 aromatic heterocycles. The molecule has 96 valence electrons. The van der Waals surface area contributed by atoms with Crippen molar-refractivity contribution < 1.29 is 4.39 Å². The molecule has 2 rings (SSSR count). The summed E-state index contributed by atoms with van der Waals surface area (Å²) in [6, 6.07) is 6.45. The Hall–Kier alpha value is -1.39. The molecule has 1 aromatic carbocycles. The lowest BCUT2D eigenvalue weighted by Crippen LogP contribution is -2.19. The maximum atomic E-state index is 13.0. The number of hydrogen-bond donors (Lipinski definition) is 1. The highest BCUT2D eigenvalue weighted by molar-refractivity contribution is 6.31. The van der Waals surface area contributed by atoms with Gasteiger partial charge in [0.25, 0.3) is 0 Å². The van der Waals surface area contributed by atoms with Gasteiger partial charge in [-0.05, 0) is 30.8 Å². The molecule has 1 unspecified atom stereocenters. The summed E-state index contributed by atoms with van der Waals surface area (Å²) in [6.07, 6.45) is 2.61. The minimum Gasteiger partial charge on any atom is -0.313 e. The zero-order valence-corrected chi connectivity index (χ0v) is 11.1. The predicted octanol–water partition coefficient (Wildman–Crippen LogP) is 2.72. The number of hydrogen-bond acceptors (Lipinski definition) is 2. The fourth-order valence-electron chi connectivity index (χ4n) is 1.93. The summed E-state index contributed by atoms with van der Waals surface area (Å²) in [7, 11) is 3.73. The highest BCUT2D eigenvalue weighted by Gasteiger charge is 2.15. The lowest BCUT2D eigenvalue weighted by Gasteiger charge is -2.17. The normalized spacial score (nSPS) is 12.7. The number of aryl methyl sites for hydroxylation is 1. The Morgan fingerprint density at radius 1 is 1.44 bits per heavy atom. The molecule has 0 saturated carbocycles. The van der Waals surface area contributed by atoms with Gasteiger partial charge < -0.3 is 5.32 Å². The zero-order chi connectivity index (χ0) is 13.1. The van der Waals surface area contributed by atoms with Gasteiger partial charge in [0.1, 0.15) is 5.82 Å². The van der Waals surface area contributed by atoms with Crippen LogP contribution in [0.15, 0.2) is 30.5 Å². The van der Waals surface area contributed by atoms with Crippen molar-refractivity contribution in [3.05, 3.63) is 52.6 Å². The number of rotatable bonds is 4. The van der Waals surface area contributed by atoms with Gasteiger partial charge in [0, 0.05) is 30.7 Å². The van der Waals surface area contributed by atoms with Crippen LogP contribution in [0.3, 0.4) is 0 Å². The van der Waals surface area contributed by atoms with E-state index in [4.69, 9.17) is 11.6 Å². The minimum atomic E-state index is -0.323. The van der Waals surface area contributed by atoms with Crippen LogP contribution in [0.2, 0.25) is 5.02 Å². The summed E-state index contributed by atoms with van der Waals surface area (Å²) in [5, 5.41) is 7.95. The van der Waals surface area contributed by atoms with Crippen molar-refractivity contribution in [3.63, 3.8) is 0 Å². The summed E-state index contributed by atoms with van der Waals surface area (Å²) in [5.41, 5.74) is 1.85. The molecule has 3 nitrogen and oxygen atoms in total. The van der Waals surface area contributed by atoms with Crippen LogP contribution in [0, 0.1) is 5.82 Å². The molecule has 0 radical (unpaired) electrons. The van der Waals surface area contributed by atoms with E-state index >= 15 is 0 Å². The SMILES string of the molecule is CNC(Cc1ccn(C)n1)c1ccc(F)cc1Cl. The van der Waals surface area contributed by atoms with Crippen LogP contribution in [-0.2, 0) is 13.5 Å². The molecule has 0 bridgehead atoms. The molecule has 1 N–H and O–H groups in total. The van der Waals surface area contributed by atoms with Gasteiger partial charge in [-0.3, -0.25) is 4.68 Å². The molecule has 2 aromatic rings. The van der Waals surface area contributed by atoms with Crippen molar-refractivity contribution in [2.75, 3.05) is 7.05 Å². The Morgan fingerprint density at radius 2 is 2.22 bits per heavy atom. The Balaban J connectivity index is 2.22. The molecule has 0 amide bonds. The van der Waals surface area contributed by atoms with E-state index in [-0.39, 0.29) is 11.9 Å². The smallest absolute Gasteiger partial charge is 0.124 e. The summed E-state index contributed by atoms with van der Waals surface area (Å²) >= 11 is 6.07. The molecule has 0 aliphatic rings. The van der Waals surface area contributed by atoms with Crippen molar-refractivity contribution in [1.82, 2.24) is 15.1 Å². The van der Waals surface area contributed by atoms with E-state index in [2.05, 4.69) is 10.4 Å². The van der Waals surface area contributed by atoms with Crippen LogP contribution in [0.5, 0.6) is 0 Å². The fourth-order valence-corrected chi connectivity index (χ4v) is 2.23. The van der Waals surface area contributed by atoms with Gasteiger partial charge in [-0.25, -0.2) is 4.39 Å². The van der Waals surface area contributed by atoms with E-state index < -0.39 is 0 Å². The van der Waals surface area contributed by atoms with Crippen molar-refractivity contribution >= 4 is 11.6 Å². The van der Waals surface area contributed by atoms with Crippen LogP contribution in [-0.4, -0.2) is 16.8 Å². The Bertz CT molecular complexity index is 539. The standard InChI is InChI=1S/C13H15ClFN3/c1-16-13(8-10-5-6-18(2)17-10)11-4-3-9(15)7-12(11)14/h3-7,13,16H,8H2,1-2H3. The molecular formula is C13H15ClFN3. The van der Waals surface area contributed by atoms with Crippen molar-refractivity contribution in [3.8, 4) is 0 Å². The third kappa shape index (κ3) is 2.89. The minimum absolute atomic E-state index is 0.0213. The number of aromatic nitrogens is 2. The van der Waals surface area contributed by atoms with Gasteiger partial charge >= 0.3 is 0 Å². The number of benzene rings is 1. The molecule has 0 aliphatic heterocycles. The summed E-state index contributed by atoms with van der Waals surface area (Å²) < 4.78 is 14.8. The predicted molar refractivity (Wildman–Crippen MR) is 70.1 cm³/mol. The van der Waals surface area contributed by atoms with E-state index in [0.29, 0.717) is 11.4 Å². The molecule has 0 fully saturated rings. The van der Waals surface area contributed by atoms with Crippen LogP contribution in [0.25, 0.3) is 0 Å². The molecular weight excluding hydrogens is 253 g/mol. The lowest BCUT2D eigenvalue weighted by molar-refractivity contribution is 0.573. The first-order valence-electron chi connectivity index (χ1n) is 5.71. The van der Waals surface area contributed by atoms with Gasteiger partial charge in [-0.2, -0.15) is 5.10 Å². The van der Waals surface area contributed by atoms with E-state index in [1.165, 1.54) is 12.1 Å². The molecule has 1 atom stereocenters. The highest BCUT2D eigenvalue weighted by atomic mass is 35.5. The number of nitrogens with one attached hydrogen (secondary N) is 1. The number of nitrogens with zero attached hydrogens (tertiary/aromatic N) is 2. The lowest BCUT2D eigenvalue weighted by atomic mass is 10.0. The summed E-state index contributed by atoms with van der Waals surface area (Å²) in [6.45, 7) is 0. The fraction of sp³-hybridized carbons (Fsp3) is 0.308. The van der Waals surface area contributed by atoms with Gasteiger partial charge in [0.2, 0.25) is 0 Å². The van der Waals surface area contributed by atoms with E-state index in [1.54, 1.807) is 10.7 Å². The zero-order valence-electron chi connectivity index (χ0n) is 10.3. The second-order valence-electron chi connectivity index (χ2n) is 4.19. The van der Waals surface area contributed by atoms with Crippen molar-refractivity contribution in [1.29, 1.82) is 0 Å².